The molecule has 0 heterocycles. The van der Waals surface area contributed by atoms with Gasteiger partial charge in [-0.1, -0.05) is 11.6 Å². The molecule has 30 heavy (non-hydrogen) atoms. The monoisotopic (exact) mass is 446 g/mol. The summed E-state index contributed by atoms with van der Waals surface area (Å²) in [5, 5.41) is 5.68. The highest BCUT2D eigenvalue weighted by Gasteiger charge is 2.32. The van der Waals surface area contributed by atoms with E-state index in [1.165, 1.54) is 12.1 Å². The van der Waals surface area contributed by atoms with Crippen LogP contribution in [0.5, 0.6) is 0 Å². The van der Waals surface area contributed by atoms with Gasteiger partial charge in [0.05, 0.1) is 21.8 Å². The average molecular weight is 447 g/mol. The van der Waals surface area contributed by atoms with E-state index in [2.05, 4.69) is 10.6 Å². The van der Waals surface area contributed by atoms with Gasteiger partial charge in [0.2, 0.25) is 0 Å². The Bertz CT molecular complexity index is 911. The first kappa shape index (κ1) is 22.3. The van der Waals surface area contributed by atoms with Gasteiger partial charge in [-0.25, -0.2) is 8.78 Å². The highest BCUT2D eigenvalue weighted by molar-refractivity contribution is 6.33. The van der Waals surface area contributed by atoms with Gasteiger partial charge in [0.25, 0.3) is 5.91 Å². The molecule has 1 amide bonds. The molecule has 0 atom stereocenters. The minimum absolute atomic E-state index is 0.0419. The van der Waals surface area contributed by atoms with Crippen LogP contribution in [0.15, 0.2) is 36.4 Å². The molecule has 1 fully saturated rings. The van der Waals surface area contributed by atoms with Crippen LogP contribution in [-0.2, 0) is 6.18 Å². The Morgan fingerprint density at radius 2 is 1.73 bits per heavy atom. The van der Waals surface area contributed by atoms with Crippen molar-refractivity contribution in [1.29, 1.82) is 0 Å². The van der Waals surface area contributed by atoms with E-state index in [9.17, 15) is 26.7 Å². The number of nitrogens with one attached hydrogen (secondary N) is 2. The van der Waals surface area contributed by atoms with E-state index in [0.29, 0.717) is 19.4 Å². The molecular weight excluding hydrogens is 427 g/mol. The molecule has 1 aliphatic carbocycles. The number of carbonyl (C=O) groups excluding carboxylic acids is 1. The molecule has 3 rings (SSSR count). The van der Waals surface area contributed by atoms with E-state index >= 15 is 0 Å². The van der Waals surface area contributed by atoms with Gasteiger partial charge in [0.15, 0.2) is 0 Å². The van der Waals surface area contributed by atoms with Crippen molar-refractivity contribution in [3.63, 3.8) is 0 Å². The van der Waals surface area contributed by atoms with E-state index in [1.807, 2.05) is 0 Å². The molecule has 0 aromatic heterocycles. The lowest BCUT2D eigenvalue weighted by atomic mass is 9.86. The van der Waals surface area contributed by atoms with E-state index < -0.39 is 29.3 Å². The number of hydrogen-bond donors (Lipinski definition) is 2. The number of carbonyl (C=O) groups is 1. The van der Waals surface area contributed by atoms with Crippen molar-refractivity contribution in [2.75, 3.05) is 11.9 Å². The van der Waals surface area contributed by atoms with Gasteiger partial charge in [0, 0.05) is 18.7 Å². The fraction of sp³-hybridized carbons (Fsp3) is 0.381. The van der Waals surface area contributed by atoms with E-state index in [0.717, 1.165) is 37.1 Å². The highest BCUT2D eigenvalue weighted by atomic mass is 35.5. The van der Waals surface area contributed by atoms with Crippen molar-refractivity contribution in [3.05, 3.63) is 64.2 Å². The van der Waals surface area contributed by atoms with Crippen molar-refractivity contribution >= 4 is 23.2 Å². The fourth-order valence-electron chi connectivity index (χ4n) is 3.54. The minimum atomic E-state index is -4.56. The summed E-state index contributed by atoms with van der Waals surface area (Å²) in [7, 11) is 0. The quantitative estimate of drug-likeness (QED) is 0.550. The number of amides is 1. The molecule has 0 aliphatic heterocycles. The van der Waals surface area contributed by atoms with E-state index in [-0.39, 0.29) is 28.2 Å². The molecule has 3 nitrogen and oxygen atoms in total. The molecule has 0 unspecified atom stereocenters. The normalized spacial score (nSPS) is 19.4. The molecule has 0 radical (unpaired) electrons. The summed E-state index contributed by atoms with van der Waals surface area (Å²) in [6.07, 6.45) is -1.79. The Hall–Kier alpha value is -2.35. The van der Waals surface area contributed by atoms with Crippen molar-refractivity contribution in [2.45, 2.75) is 37.9 Å². The third kappa shape index (κ3) is 5.62. The maximum absolute atomic E-state index is 13.7. The molecule has 9 heteroatoms. The SMILES string of the molecule is O=C(NC1CCC(CNc2ccc(F)cc2F)CC1)c1cc(C(F)(F)F)ccc1Cl. The summed E-state index contributed by atoms with van der Waals surface area (Å²) in [5.41, 5.74) is -0.909. The summed E-state index contributed by atoms with van der Waals surface area (Å²) >= 11 is 5.91. The zero-order valence-corrected chi connectivity index (χ0v) is 16.6. The van der Waals surface area contributed by atoms with Gasteiger partial charge in [0.1, 0.15) is 11.6 Å². The first-order valence-corrected chi connectivity index (χ1v) is 9.88. The molecule has 162 valence electrons. The van der Waals surface area contributed by atoms with Crippen molar-refractivity contribution in [3.8, 4) is 0 Å². The molecule has 1 aliphatic rings. The first-order valence-electron chi connectivity index (χ1n) is 9.50. The molecule has 2 aromatic rings. The third-order valence-corrected chi connectivity index (χ3v) is 5.56. The Morgan fingerprint density at radius 3 is 2.37 bits per heavy atom. The maximum atomic E-state index is 13.7. The van der Waals surface area contributed by atoms with Gasteiger partial charge < -0.3 is 10.6 Å². The van der Waals surface area contributed by atoms with Crippen LogP contribution < -0.4 is 10.6 Å². The van der Waals surface area contributed by atoms with Crippen LogP contribution in [0.4, 0.5) is 27.6 Å². The summed E-state index contributed by atoms with van der Waals surface area (Å²) in [6.45, 7) is 0.503. The predicted octanol–water partition coefficient (Wildman–Crippen LogP) is 6.04. The standard InChI is InChI=1S/C21H20ClF5N2O/c22-17-7-3-13(21(25,26)27)9-16(17)20(30)29-15-5-1-12(2-6-15)11-28-19-8-4-14(23)10-18(19)24/h3-4,7-10,12,15,28H,1-2,5-6,11H2,(H,29,30). The second-order valence-electron chi connectivity index (χ2n) is 7.39. The summed E-state index contributed by atoms with van der Waals surface area (Å²) < 4.78 is 65.3. The Morgan fingerprint density at radius 1 is 1.03 bits per heavy atom. The van der Waals surface area contributed by atoms with Crippen LogP contribution in [0.25, 0.3) is 0 Å². The molecule has 1 saturated carbocycles. The topological polar surface area (TPSA) is 41.1 Å². The van der Waals surface area contributed by atoms with E-state index in [4.69, 9.17) is 11.6 Å². The lowest BCUT2D eigenvalue weighted by molar-refractivity contribution is -0.137. The van der Waals surface area contributed by atoms with Crippen LogP contribution in [-0.4, -0.2) is 18.5 Å². The molecule has 0 spiro atoms. The van der Waals surface area contributed by atoms with Crippen molar-refractivity contribution in [1.82, 2.24) is 5.32 Å². The van der Waals surface area contributed by atoms with Crippen LogP contribution in [0.1, 0.15) is 41.6 Å². The molecular formula is C21H20ClF5N2O. The molecule has 2 N–H and O–H groups in total. The fourth-order valence-corrected chi connectivity index (χ4v) is 3.74. The zero-order valence-electron chi connectivity index (χ0n) is 15.8. The van der Waals surface area contributed by atoms with Gasteiger partial charge in [-0.05, 0) is 61.9 Å². The van der Waals surface area contributed by atoms with Crippen LogP contribution in [0, 0.1) is 17.6 Å². The second kappa shape index (κ2) is 9.20. The third-order valence-electron chi connectivity index (χ3n) is 5.23. The predicted molar refractivity (Wildman–Crippen MR) is 105 cm³/mol. The Kier molecular flexibility index (Phi) is 6.85. The Labute approximate surface area is 175 Å². The minimum Gasteiger partial charge on any atom is -0.382 e. The number of alkyl halides is 3. The van der Waals surface area contributed by atoms with Crippen molar-refractivity contribution < 1.29 is 26.7 Å². The smallest absolute Gasteiger partial charge is 0.382 e. The highest BCUT2D eigenvalue weighted by Crippen LogP contribution is 2.32. The number of rotatable bonds is 5. The van der Waals surface area contributed by atoms with Crippen LogP contribution >= 0.6 is 11.6 Å². The zero-order chi connectivity index (χ0) is 21.9. The lowest BCUT2D eigenvalue weighted by Gasteiger charge is -2.29. The molecule has 2 aromatic carbocycles. The average Bonchev–Trinajstić information content (AvgIpc) is 2.68. The second-order valence-corrected chi connectivity index (χ2v) is 7.80. The summed E-state index contributed by atoms with van der Waals surface area (Å²) in [6, 6.07) is 5.81. The Balaban J connectivity index is 1.51. The number of anilines is 1. The summed E-state index contributed by atoms with van der Waals surface area (Å²) in [5.74, 6) is -1.70. The number of hydrogen-bond acceptors (Lipinski definition) is 2. The lowest BCUT2D eigenvalue weighted by Crippen LogP contribution is -2.38. The van der Waals surface area contributed by atoms with Crippen LogP contribution in [0.2, 0.25) is 5.02 Å². The van der Waals surface area contributed by atoms with Gasteiger partial charge in [-0.15, -0.1) is 0 Å². The number of benzene rings is 2. The van der Waals surface area contributed by atoms with E-state index in [1.54, 1.807) is 0 Å². The van der Waals surface area contributed by atoms with Gasteiger partial charge in [-0.2, -0.15) is 13.2 Å². The van der Waals surface area contributed by atoms with Crippen LogP contribution in [0.3, 0.4) is 0 Å². The molecule has 0 bridgehead atoms. The summed E-state index contributed by atoms with van der Waals surface area (Å²) in [4.78, 5) is 12.4. The maximum Gasteiger partial charge on any atom is 0.416 e. The molecule has 0 saturated heterocycles. The van der Waals surface area contributed by atoms with Crippen molar-refractivity contribution in [2.24, 2.45) is 5.92 Å². The first-order chi connectivity index (χ1) is 14.1. The van der Waals surface area contributed by atoms with Gasteiger partial charge in [-0.3, -0.25) is 4.79 Å². The van der Waals surface area contributed by atoms with Gasteiger partial charge >= 0.3 is 6.18 Å². The largest absolute Gasteiger partial charge is 0.416 e. The number of halogens is 6.